The third-order valence-corrected chi connectivity index (χ3v) is 3.98. The van der Waals surface area contributed by atoms with Gasteiger partial charge in [-0.3, -0.25) is 9.59 Å². The third-order valence-electron chi connectivity index (χ3n) is 3.98. The van der Waals surface area contributed by atoms with Gasteiger partial charge in [-0.1, -0.05) is 26.0 Å². The Morgan fingerprint density at radius 2 is 2.00 bits per heavy atom. The second-order valence-electron chi connectivity index (χ2n) is 6.56. The van der Waals surface area contributed by atoms with Gasteiger partial charge in [0.1, 0.15) is 11.8 Å². The van der Waals surface area contributed by atoms with Crippen molar-refractivity contribution in [2.45, 2.75) is 45.8 Å². The van der Waals surface area contributed by atoms with E-state index in [1.165, 1.54) is 4.90 Å². The number of nitrogens with one attached hydrogen (secondary N) is 1. The second kappa shape index (κ2) is 8.00. The second-order valence-corrected chi connectivity index (χ2v) is 6.56. The fourth-order valence-corrected chi connectivity index (χ4v) is 2.76. The van der Waals surface area contributed by atoms with Gasteiger partial charge < -0.3 is 20.1 Å². The summed E-state index contributed by atoms with van der Waals surface area (Å²) >= 11 is 0. The number of carboxylic acids is 1. The summed E-state index contributed by atoms with van der Waals surface area (Å²) in [5.74, 6) is -0.919. The Bertz CT molecular complexity index is 659. The molecule has 2 atom stereocenters. The quantitative estimate of drug-likeness (QED) is 0.783. The predicted octanol–water partition coefficient (Wildman–Crippen LogP) is 1.81. The molecule has 0 bridgehead atoms. The van der Waals surface area contributed by atoms with Crippen LogP contribution >= 0.6 is 0 Å². The van der Waals surface area contributed by atoms with Crippen LogP contribution in [0, 0.1) is 5.92 Å². The SMILES string of the molecule is CC(C)C[C@H](NC(=O)CCN1C(=O)[C@H](C)Oc2ccccc21)C(=O)O. The number of carboxylic acid groups (broad SMARTS) is 1. The fourth-order valence-electron chi connectivity index (χ4n) is 2.76. The molecule has 2 amide bonds. The van der Waals surface area contributed by atoms with Crippen molar-refractivity contribution in [2.24, 2.45) is 5.92 Å². The van der Waals surface area contributed by atoms with Crippen LogP contribution in [0.1, 0.15) is 33.6 Å². The van der Waals surface area contributed by atoms with Gasteiger partial charge in [-0.05, 0) is 31.4 Å². The van der Waals surface area contributed by atoms with Crippen LogP contribution in [-0.4, -0.2) is 41.6 Å². The lowest BCUT2D eigenvalue weighted by atomic mass is 10.0. The number of amides is 2. The number of carbonyl (C=O) groups excluding carboxylic acids is 2. The smallest absolute Gasteiger partial charge is 0.326 e. The van der Waals surface area contributed by atoms with Crippen molar-refractivity contribution >= 4 is 23.5 Å². The zero-order valence-corrected chi connectivity index (χ0v) is 14.7. The summed E-state index contributed by atoms with van der Waals surface area (Å²) in [5, 5.41) is 11.7. The van der Waals surface area contributed by atoms with E-state index >= 15 is 0 Å². The van der Waals surface area contributed by atoms with Crippen LogP contribution in [0.5, 0.6) is 5.75 Å². The average molecular weight is 348 g/mol. The largest absolute Gasteiger partial charge is 0.480 e. The number of hydrogen-bond acceptors (Lipinski definition) is 4. The first-order valence-electron chi connectivity index (χ1n) is 8.38. The molecule has 0 aliphatic carbocycles. The van der Waals surface area contributed by atoms with Crippen molar-refractivity contribution in [1.29, 1.82) is 0 Å². The first-order chi connectivity index (χ1) is 11.8. The van der Waals surface area contributed by atoms with Crippen LogP contribution in [-0.2, 0) is 14.4 Å². The maximum Gasteiger partial charge on any atom is 0.326 e. The lowest BCUT2D eigenvalue weighted by molar-refractivity contribution is -0.142. The molecule has 0 aromatic heterocycles. The summed E-state index contributed by atoms with van der Waals surface area (Å²) in [6.07, 6.45) is -0.239. The maximum absolute atomic E-state index is 12.4. The monoisotopic (exact) mass is 348 g/mol. The third kappa shape index (κ3) is 4.71. The highest BCUT2D eigenvalue weighted by molar-refractivity contribution is 6.00. The van der Waals surface area contributed by atoms with E-state index in [1.54, 1.807) is 25.1 Å². The van der Waals surface area contributed by atoms with Gasteiger partial charge in [0.25, 0.3) is 5.91 Å². The molecular weight excluding hydrogens is 324 g/mol. The van der Waals surface area contributed by atoms with E-state index in [9.17, 15) is 19.5 Å². The van der Waals surface area contributed by atoms with Crippen molar-refractivity contribution in [3.8, 4) is 5.75 Å². The van der Waals surface area contributed by atoms with E-state index in [2.05, 4.69) is 5.32 Å². The van der Waals surface area contributed by atoms with Crippen LogP contribution < -0.4 is 15.0 Å². The molecule has 25 heavy (non-hydrogen) atoms. The Morgan fingerprint density at radius 3 is 2.64 bits per heavy atom. The summed E-state index contributed by atoms with van der Waals surface area (Å²) in [6, 6.07) is 6.22. The first-order valence-corrected chi connectivity index (χ1v) is 8.38. The van der Waals surface area contributed by atoms with E-state index in [1.807, 2.05) is 19.9 Å². The van der Waals surface area contributed by atoms with Crippen molar-refractivity contribution < 1.29 is 24.2 Å². The molecule has 7 nitrogen and oxygen atoms in total. The number of aliphatic carboxylic acids is 1. The topological polar surface area (TPSA) is 95.9 Å². The Kier molecular flexibility index (Phi) is 6.01. The highest BCUT2D eigenvalue weighted by Gasteiger charge is 2.31. The molecule has 2 N–H and O–H groups in total. The maximum atomic E-state index is 12.4. The number of hydrogen-bond donors (Lipinski definition) is 2. The van der Waals surface area contributed by atoms with Crippen LogP contribution in [0.3, 0.4) is 0 Å². The zero-order chi connectivity index (χ0) is 18.6. The van der Waals surface area contributed by atoms with E-state index in [-0.39, 0.29) is 24.8 Å². The number of anilines is 1. The summed E-state index contributed by atoms with van der Waals surface area (Å²) in [7, 11) is 0. The fraction of sp³-hybridized carbons (Fsp3) is 0.500. The molecule has 1 aliphatic rings. The minimum atomic E-state index is -1.05. The highest BCUT2D eigenvalue weighted by Crippen LogP contribution is 2.33. The Labute approximate surface area is 147 Å². The molecule has 0 unspecified atom stereocenters. The predicted molar refractivity (Wildman–Crippen MR) is 92.5 cm³/mol. The summed E-state index contributed by atoms with van der Waals surface area (Å²) < 4.78 is 5.55. The molecule has 2 rings (SSSR count). The summed E-state index contributed by atoms with van der Waals surface area (Å²) in [5.41, 5.74) is 0.621. The lowest BCUT2D eigenvalue weighted by Crippen LogP contribution is -2.47. The van der Waals surface area contributed by atoms with Gasteiger partial charge in [-0.25, -0.2) is 4.79 Å². The van der Waals surface area contributed by atoms with E-state index < -0.39 is 24.0 Å². The molecule has 1 aromatic rings. The normalized spacial score (nSPS) is 17.7. The van der Waals surface area contributed by atoms with E-state index in [4.69, 9.17) is 4.74 Å². The summed E-state index contributed by atoms with van der Waals surface area (Å²) in [6.45, 7) is 5.62. The van der Waals surface area contributed by atoms with Gasteiger partial charge in [0.15, 0.2) is 6.10 Å². The van der Waals surface area contributed by atoms with Crippen molar-refractivity contribution in [3.05, 3.63) is 24.3 Å². The number of para-hydroxylation sites is 2. The van der Waals surface area contributed by atoms with Gasteiger partial charge >= 0.3 is 5.97 Å². The number of fused-ring (bicyclic) bond motifs is 1. The molecule has 0 spiro atoms. The molecular formula is C18H24N2O5. The van der Waals surface area contributed by atoms with Gasteiger partial charge in [-0.2, -0.15) is 0 Å². The van der Waals surface area contributed by atoms with Gasteiger partial charge in [0.05, 0.1) is 5.69 Å². The molecule has 0 saturated carbocycles. The number of ether oxygens (including phenoxy) is 1. The van der Waals surface area contributed by atoms with Crippen LogP contribution in [0.4, 0.5) is 5.69 Å². The number of rotatable bonds is 7. The van der Waals surface area contributed by atoms with E-state index in [0.717, 1.165) is 0 Å². The molecule has 1 aliphatic heterocycles. The number of nitrogens with zero attached hydrogens (tertiary/aromatic N) is 1. The van der Waals surface area contributed by atoms with Gasteiger partial charge in [-0.15, -0.1) is 0 Å². The van der Waals surface area contributed by atoms with Crippen molar-refractivity contribution in [3.63, 3.8) is 0 Å². The average Bonchev–Trinajstić information content (AvgIpc) is 2.54. The van der Waals surface area contributed by atoms with Crippen molar-refractivity contribution in [1.82, 2.24) is 5.32 Å². The Morgan fingerprint density at radius 1 is 1.32 bits per heavy atom. The number of benzene rings is 1. The van der Waals surface area contributed by atoms with Gasteiger partial charge in [0, 0.05) is 13.0 Å². The molecule has 0 saturated heterocycles. The minimum absolute atomic E-state index is 0.0225. The van der Waals surface area contributed by atoms with Crippen LogP contribution in [0.2, 0.25) is 0 Å². The van der Waals surface area contributed by atoms with E-state index in [0.29, 0.717) is 17.9 Å². The molecule has 1 heterocycles. The van der Waals surface area contributed by atoms with Crippen molar-refractivity contribution in [2.75, 3.05) is 11.4 Å². The molecule has 1 aromatic carbocycles. The molecule has 7 heteroatoms. The molecule has 0 fully saturated rings. The lowest BCUT2D eigenvalue weighted by Gasteiger charge is -2.32. The molecule has 136 valence electrons. The molecule has 0 radical (unpaired) electrons. The number of carbonyl (C=O) groups is 3. The Balaban J connectivity index is 2.01. The minimum Gasteiger partial charge on any atom is -0.480 e. The Hall–Kier alpha value is -2.57. The highest BCUT2D eigenvalue weighted by atomic mass is 16.5. The zero-order valence-electron chi connectivity index (χ0n) is 14.7. The van der Waals surface area contributed by atoms with Gasteiger partial charge in [0.2, 0.25) is 5.91 Å². The van der Waals surface area contributed by atoms with Crippen LogP contribution in [0.25, 0.3) is 0 Å². The van der Waals surface area contributed by atoms with Crippen LogP contribution in [0.15, 0.2) is 24.3 Å². The standard InChI is InChI=1S/C18H24N2O5/c1-11(2)10-13(18(23)24)19-16(21)8-9-20-14-6-4-5-7-15(14)25-12(3)17(20)22/h4-7,11-13H,8-10H2,1-3H3,(H,19,21)(H,23,24)/t12-,13-/m0/s1. The summed E-state index contributed by atoms with van der Waals surface area (Å²) in [4.78, 5) is 37.2. The first kappa shape index (κ1) is 18.8.